The van der Waals surface area contributed by atoms with E-state index in [1.54, 1.807) is 0 Å². The molecular formula is C18H16I6O6. The maximum Gasteiger partial charge on any atom is 0.146 e. The lowest BCUT2D eigenvalue weighted by Gasteiger charge is -2.21. The lowest BCUT2D eigenvalue weighted by atomic mass is 10.1. The van der Waals surface area contributed by atoms with E-state index in [0.717, 1.165) is 32.5 Å². The van der Waals surface area contributed by atoms with Gasteiger partial charge in [0, 0.05) is 18.3 Å². The molecule has 30 heavy (non-hydrogen) atoms. The Morgan fingerprint density at radius 2 is 0.967 bits per heavy atom. The number of rotatable bonds is 9. The van der Waals surface area contributed by atoms with Gasteiger partial charge in [0.1, 0.15) is 36.9 Å². The molecule has 0 saturated heterocycles. The number of benzene rings is 2. The highest BCUT2D eigenvalue weighted by atomic mass is 127. The second kappa shape index (κ2) is 13.4. The van der Waals surface area contributed by atoms with Crippen molar-refractivity contribution in [2.45, 2.75) is 12.2 Å². The largest absolute Gasteiger partial charge is 0.489 e. The number of aliphatic hydroxyl groups excluding tert-OH is 4. The molecule has 0 spiro atoms. The number of ether oxygens (including phenoxy) is 2. The molecular weight excluding hydrogens is 1070 g/mol. The van der Waals surface area contributed by atoms with Gasteiger partial charge in [-0.05, 0) is 148 Å². The first-order chi connectivity index (χ1) is 14.1. The Morgan fingerprint density at radius 3 is 1.27 bits per heavy atom. The van der Waals surface area contributed by atoms with Crippen LogP contribution in [0, 0.1) is 21.4 Å². The summed E-state index contributed by atoms with van der Waals surface area (Å²) in [6, 6.07) is 4.03. The summed E-state index contributed by atoms with van der Waals surface area (Å²) in [5.74, 6) is 1.31. The predicted molar refractivity (Wildman–Crippen MR) is 165 cm³/mol. The van der Waals surface area contributed by atoms with E-state index in [4.69, 9.17) is 19.7 Å². The summed E-state index contributed by atoms with van der Waals surface area (Å²) in [6.45, 7) is -0.733. The van der Waals surface area contributed by atoms with Crippen LogP contribution in [0.25, 0.3) is 11.1 Å². The minimum Gasteiger partial charge on any atom is -0.489 e. The van der Waals surface area contributed by atoms with Crippen LogP contribution in [0.2, 0.25) is 0 Å². The normalized spacial score (nSPS) is 13.3. The highest BCUT2D eigenvalue weighted by Crippen LogP contribution is 2.45. The zero-order valence-electron chi connectivity index (χ0n) is 15.0. The van der Waals surface area contributed by atoms with Gasteiger partial charge in [0.05, 0.1) is 27.5 Å². The fraction of sp³-hybridized carbons (Fsp3) is 0.333. The van der Waals surface area contributed by atoms with E-state index in [1.165, 1.54) is 0 Å². The third-order valence-corrected chi connectivity index (χ3v) is 9.13. The van der Waals surface area contributed by atoms with Crippen molar-refractivity contribution in [2.24, 2.45) is 0 Å². The van der Waals surface area contributed by atoms with Crippen molar-refractivity contribution in [3.05, 3.63) is 33.6 Å². The molecule has 0 fully saturated rings. The quantitative estimate of drug-likeness (QED) is 0.278. The van der Waals surface area contributed by atoms with Crippen LogP contribution in [0.4, 0.5) is 0 Å². The highest BCUT2D eigenvalue weighted by Gasteiger charge is 2.24. The summed E-state index contributed by atoms with van der Waals surface area (Å²) in [7, 11) is 0. The average molecular weight is 1090 g/mol. The molecule has 4 N–H and O–H groups in total. The minimum absolute atomic E-state index is 0.00316. The smallest absolute Gasteiger partial charge is 0.146 e. The van der Waals surface area contributed by atoms with E-state index in [0.29, 0.717) is 11.5 Å². The van der Waals surface area contributed by atoms with E-state index in [-0.39, 0.29) is 26.4 Å². The van der Waals surface area contributed by atoms with Crippen LogP contribution in [-0.4, -0.2) is 59.1 Å². The Kier molecular flexibility index (Phi) is 12.7. The first-order valence-corrected chi connectivity index (χ1v) is 14.8. The molecule has 12 heteroatoms. The van der Waals surface area contributed by atoms with Gasteiger partial charge in [0.2, 0.25) is 0 Å². The van der Waals surface area contributed by atoms with Crippen molar-refractivity contribution in [1.82, 2.24) is 0 Å². The monoisotopic (exact) mass is 1090 g/mol. The van der Waals surface area contributed by atoms with Gasteiger partial charge in [0.25, 0.3) is 0 Å². The summed E-state index contributed by atoms with van der Waals surface area (Å²) < 4.78 is 17.4. The molecule has 0 heterocycles. The van der Waals surface area contributed by atoms with Gasteiger partial charge in [-0.1, -0.05) is 0 Å². The molecule has 166 valence electrons. The number of hydrogen-bond donors (Lipinski definition) is 4. The van der Waals surface area contributed by atoms with E-state index in [2.05, 4.69) is 136 Å². The topological polar surface area (TPSA) is 99.4 Å². The van der Waals surface area contributed by atoms with Crippen molar-refractivity contribution < 1.29 is 29.9 Å². The van der Waals surface area contributed by atoms with Crippen LogP contribution in [0.3, 0.4) is 0 Å². The summed E-state index contributed by atoms with van der Waals surface area (Å²) in [5, 5.41) is 37.5. The molecule has 0 aliphatic rings. The lowest BCUT2D eigenvalue weighted by Crippen LogP contribution is -2.22. The predicted octanol–water partition coefficient (Wildman–Crippen LogP) is 4.45. The SMILES string of the molecule is OCC(O)COc1c(I)cc(I)c(-c2c(I)cc(I)c(OCC(O)CO)c2I)c1I. The van der Waals surface area contributed by atoms with Crippen LogP contribution in [0.15, 0.2) is 12.1 Å². The summed E-state index contributed by atoms with van der Waals surface area (Å²) >= 11 is 13.5. The minimum atomic E-state index is -0.948. The number of aliphatic hydroxyl groups is 4. The lowest BCUT2D eigenvalue weighted by molar-refractivity contribution is 0.0530. The number of hydrogen-bond acceptors (Lipinski definition) is 6. The summed E-state index contributed by atoms with van der Waals surface area (Å²) in [4.78, 5) is 0. The third-order valence-electron chi connectivity index (χ3n) is 3.77. The first-order valence-electron chi connectivity index (χ1n) is 8.31. The fourth-order valence-electron chi connectivity index (χ4n) is 2.33. The molecule has 0 radical (unpaired) electrons. The molecule has 0 aliphatic heterocycles. The van der Waals surface area contributed by atoms with E-state index in [9.17, 15) is 10.2 Å². The van der Waals surface area contributed by atoms with Gasteiger partial charge < -0.3 is 29.9 Å². The van der Waals surface area contributed by atoms with Crippen LogP contribution in [0.5, 0.6) is 11.5 Å². The van der Waals surface area contributed by atoms with Gasteiger partial charge >= 0.3 is 0 Å². The number of halogens is 6. The van der Waals surface area contributed by atoms with Crippen LogP contribution in [-0.2, 0) is 0 Å². The molecule has 2 aromatic carbocycles. The van der Waals surface area contributed by atoms with E-state index >= 15 is 0 Å². The van der Waals surface area contributed by atoms with Crippen molar-refractivity contribution in [3.8, 4) is 22.6 Å². The molecule has 2 atom stereocenters. The highest BCUT2D eigenvalue weighted by molar-refractivity contribution is 14.1. The molecule has 0 amide bonds. The van der Waals surface area contributed by atoms with Gasteiger partial charge in [-0.3, -0.25) is 0 Å². The molecule has 0 saturated carbocycles. The van der Waals surface area contributed by atoms with E-state index in [1.807, 2.05) is 12.1 Å². The van der Waals surface area contributed by atoms with Crippen LogP contribution >= 0.6 is 136 Å². The van der Waals surface area contributed by atoms with Crippen LogP contribution in [0.1, 0.15) is 0 Å². The van der Waals surface area contributed by atoms with Crippen molar-refractivity contribution >= 4 is 136 Å². The van der Waals surface area contributed by atoms with Gasteiger partial charge in [-0.25, -0.2) is 0 Å². The Hall–Kier alpha value is 2.26. The molecule has 0 bridgehead atoms. The Morgan fingerprint density at radius 1 is 0.633 bits per heavy atom. The Labute approximate surface area is 256 Å². The second-order valence-corrected chi connectivity index (χ2v) is 12.8. The zero-order valence-corrected chi connectivity index (χ0v) is 28.0. The fourth-order valence-corrected chi connectivity index (χ4v) is 10.8. The standard InChI is InChI=1S/C18H16I6O6/c19-9-1-11(21)17(29-5-7(27)3-25)15(23)13(9)14-10(20)2-12(22)18(16(14)24)30-6-8(28)4-26/h1-2,7-8,25-28H,3-6H2. The third kappa shape index (κ3) is 7.13. The second-order valence-electron chi connectivity index (χ2n) is 6.01. The van der Waals surface area contributed by atoms with E-state index < -0.39 is 12.2 Å². The van der Waals surface area contributed by atoms with Crippen molar-refractivity contribution in [2.75, 3.05) is 26.4 Å². The first kappa shape index (κ1) is 28.5. The Bertz CT molecular complexity index is 836. The summed E-state index contributed by atoms with van der Waals surface area (Å²) in [6.07, 6.45) is -1.90. The van der Waals surface area contributed by atoms with Crippen molar-refractivity contribution in [3.63, 3.8) is 0 Å². The molecule has 2 rings (SSSR count). The van der Waals surface area contributed by atoms with Gasteiger partial charge in [-0.15, -0.1) is 0 Å². The van der Waals surface area contributed by atoms with Gasteiger partial charge in [-0.2, -0.15) is 0 Å². The maximum absolute atomic E-state index is 9.68. The zero-order chi connectivity index (χ0) is 22.6. The molecule has 0 aromatic heterocycles. The maximum atomic E-state index is 9.68. The van der Waals surface area contributed by atoms with Crippen LogP contribution < -0.4 is 9.47 Å². The molecule has 2 unspecified atom stereocenters. The molecule has 2 aromatic rings. The van der Waals surface area contributed by atoms with Gasteiger partial charge in [0.15, 0.2) is 0 Å². The Balaban J connectivity index is 2.60. The van der Waals surface area contributed by atoms with Crippen molar-refractivity contribution in [1.29, 1.82) is 0 Å². The molecule has 0 aliphatic carbocycles. The average Bonchev–Trinajstić information content (AvgIpc) is 2.68. The summed E-state index contributed by atoms with van der Waals surface area (Å²) in [5.41, 5.74) is 1.98. The molecule has 6 nitrogen and oxygen atoms in total.